The molecule has 0 spiro atoms. The number of hydrogen-bond donors (Lipinski definition) is 0. The summed E-state index contributed by atoms with van der Waals surface area (Å²) in [5.74, 6) is 0.663. The Balaban J connectivity index is 1.63. The summed E-state index contributed by atoms with van der Waals surface area (Å²) in [5.41, 5.74) is 0.847. The van der Waals surface area contributed by atoms with Gasteiger partial charge in [0.25, 0.3) is 5.91 Å². The molecule has 11 heteroatoms. The molecule has 154 valence electrons. The second kappa shape index (κ2) is 7.03. The van der Waals surface area contributed by atoms with Gasteiger partial charge in [0.2, 0.25) is 0 Å². The van der Waals surface area contributed by atoms with Crippen molar-refractivity contribution in [2.24, 2.45) is 0 Å². The van der Waals surface area contributed by atoms with Crippen molar-refractivity contribution in [1.82, 2.24) is 24.5 Å². The van der Waals surface area contributed by atoms with Gasteiger partial charge in [-0.3, -0.25) is 9.78 Å². The maximum Gasteiger partial charge on any atom is 0.255 e. The van der Waals surface area contributed by atoms with E-state index in [1.807, 2.05) is 11.8 Å². The number of aromatic nitrogens is 5. The normalized spacial score (nSPS) is 20.8. The Morgan fingerprint density at radius 3 is 2.93 bits per heavy atom. The van der Waals surface area contributed by atoms with E-state index < -0.39 is 11.4 Å². The summed E-state index contributed by atoms with van der Waals surface area (Å²) >= 11 is 1.14. The van der Waals surface area contributed by atoms with E-state index in [1.54, 1.807) is 24.2 Å². The van der Waals surface area contributed by atoms with E-state index in [9.17, 15) is 9.18 Å². The smallest absolute Gasteiger partial charge is 0.255 e. The molecule has 30 heavy (non-hydrogen) atoms. The third kappa shape index (κ3) is 2.69. The number of pyridine rings is 1. The molecule has 1 atom stereocenters. The first-order valence-electron chi connectivity index (χ1n) is 9.50. The van der Waals surface area contributed by atoms with Crippen LogP contribution in [-0.4, -0.2) is 62.8 Å². The topological polar surface area (TPSA) is 97.2 Å². The van der Waals surface area contributed by atoms with Crippen LogP contribution in [0.5, 0.6) is 0 Å². The third-order valence-corrected chi connectivity index (χ3v) is 6.35. The Bertz CT molecular complexity index is 1120. The standard InChI is InChI=1S/C19H18FN7O2S/c1-3-19-10-29-7-6-27(19)17-13(26(2)18(19)28)9-22-16(23-17)15-14(24-25-30-15)12-5-4-11(20)8-21-12/h4-5,8-9H,3,6-7,10H2,1-2H3/t19-/m0/s1. The number of anilines is 2. The highest BCUT2D eigenvalue weighted by Gasteiger charge is 2.52. The number of nitrogens with zero attached hydrogens (tertiary/aromatic N) is 7. The number of hydrogen-bond acceptors (Lipinski definition) is 9. The zero-order chi connectivity index (χ0) is 20.9. The highest BCUT2D eigenvalue weighted by atomic mass is 32.1. The van der Waals surface area contributed by atoms with Gasteiger partial charge in [-0.05, 0) is 30.1 Å². The number of carbonyl (C=O) groups excluding carboxylic acids is 1. The number of fused-ring (bicyclic) bond motifs is 3. The van der Waals surface area contributed by atoms with Gasteiger partial charge in [0.1, 0.15) is 27.6 Å². The largest absolute Gasteiger partial charge is 0.377 e. The van der Waals surface area contributed by atoms with Crippen LogP contribution >= 0.6 is 11.5 Å². The van der Waals surface area contributed by atoms with Crippen molar-refractivity contribution in [3.8, 4) is 22.1 Å². The molecular formula is C19H18FN7O2S. The van der Waals surface area contributed by atoms with Crippen LogP contribution in [0.25, 0.3) is 22.1 Å². The van der Waals surface area contributed by atoms with Gasteiger partial charge in [0, 0.05) is 13.6 Å². The van der Waals surface area contributed by atoms with Crippen LogP contribution in [0.4, 0.5) is 15.9 Å². The van der Waals surface area contributed by atoms with E-state index in [4.69, 9.17) is 9.72 Å². The fourth-order valence-corrected chi connectivity index (χ4v) is 4.59. The molecule has 0 N–H and O–H groups in total. The predicted molar refractivity (Wildman–Crippen MR) is 109 cm³/mol. The Hall–Kier alpha value is -3.05. The van der Waals surface area contributed by atoms with Gasteiger partial charge < -0.3 is 14.5 Å². The first kappa shape index (κ1) is 18.9. The van der Waals surface area contributed by atoms with Crippen LogP contribution in [0.2, 0.25) is 0 Å². The molecule has 1 fully saturated rings. The van der Waals surface area contributed by atoms with Gasteiger partial charge in [-0.2, -0.15) is 0 Å². The van der Waals surface area contributed by atoms with Gasteiger partial charge in [0.15, 0.2) is 11.6 Å². The van der Waals surface area contributed by atoms with Crippen LogP contribution in [0.1, 0.15) is 13.3 Å². The highest BCUT2D eigenvalue weighted by Crippen LogP contribution is 2.42. The fourth-order valence-electron chi connectivity index (χ4n) is 3.97. The molecular weight excluding hydrogens is 409 g/mol. The number of likely N-dealkylation sites (N-methyl/N-ethyl adjacent to an activating group) is 1. The molecule has 0 unspecified atom stereocenters. The molecule has 1 amide bonds. The summed E-state index contributed by atoms with van der Waals surface area (Å²) < 4.78 is 23.0. The van der Waals surface area contributed by atoms with Crippen LogP contribution in [-0.2, 0) is 9.53 Å². The van der Waals surface area contributed by atoms with E-state index in [0.29, 0.717) is 59.8 Å². The Morgan fingerprint density at radius 2 is 2.17 bits per heavy atom. The summed E-state index contributed by atoms with van der Waals surface area (Å²) in [6.45, 7) is 3.37. The Morgan fingerprint density at radius 1 is 1.30 bits per heavy atom. The summed E-state index contributed by atoms with van der Waals surface area (Å²) in [6, 6.07) is 2.87. The first-order chi connectivity index (χ1) is 14.5. The average molecular weight is 427 g/mol. The van der Waals surface area contributed by atoms with Crippen molar-refractivity contribution >= 4 is 28.9 Å². The van der Waals surface area contributed by atoms with Crippen LogP contribution in [0, 0.1) is 5.82 Å². The zero-order valence-electron chi connectivity index (χ0n) is 16.4. The monoisotopic (exact) mass is 427 g/mol. The maximum atomic E-state index is 13.3. The van der Waals surface area contributed by atoms with Crippen molar-refractivity contribution < 1.29 is 13.9 Å². The maximum absolute atomic E-state index is 13.3. The summed E-state index contributed by atoms with van der Waals surface area (Å²) in [7, 11) is 1.73. The van der Waals surface area contributed by atoms with E-state index in [-0.39, 0.29) is 5.91 Å². The molecule has 5 rings (SSSR count). The second-order valence-electron chi connectivity index (χ2n) is 7.17. The summed E-state index contributed by atoms with van der Waals surface area (Å²) in [6.07, 6.45) is 3.38. The number of halogens is 1. The third-order valence-electron chi connectivity index (χ3n) is 5.63. The second-order valence-corrected chi connectivity index (χ2v) is 7.92. The minimum absolute atomic E-state index is 0.0239. The average Bonchev–Trinajstić information content (AvgIpc) is 3.27. The van der Waals surface area contributed by atoms with Crippen LogP contribution < -0.4 is 9.80 Å². The first-order valence-corrected chi connectivity index (χ1v) is 10.3. The molecule has 3 aromatic rings. The van der Waals surface area contributed by atoms with Crippen molar-refractivity contribution in [3.05, 3.63) is 30.3 Å². The number of carbonyl (C=O) groups is 1. The Kier molecular flexibility index (Phi) is 4.44. The number of rotatable bonds is 3. The predicted octanol–water partition coefficient (Wildman–Crippen LogP) is 2.16. The molecule has 9 nitrogen and oxygen atoms in total. The molecule has 3 aromatic heterocycles. The lowest BCUT2D eigenvalue weighted by molar-refractivity contribution is -0.128. The van der Waals surface area contributed by atoms with Crippen molar-refractivity contribution in [1.29, 1.82) is 0 Å². The quantitative estimate of drug-likeness (QED) is 0.627. The molecule has 0 radical (unpaired) electrons. The Labute approximate surface area is 175 Å². The molecule has 2 aliphatic heterocycles. The van der Waals surface area contributed by atoms with Crippen molar-refractivity contribution in [2.75, 3.05) is 36.6 Å². The van der Waals surface area contributed by atoms with Gasteiger partial charge in [-0.1, -0.05) is 11.4 Å². The van der Waals surface area contributed by atoms with E-state index in [1.165, 1.54) is 6.07 Å². The van der Waals surface area contributed by atoms with Crippen molar-refractivity contribution in [2.45, 2.75) is 18.9 Å². The minimum atomic E-state index is -0.779. The molecule has 2 aliphatic rings. The number of ether oxygens (including phenoxy) is 1. The molecule has 1 saturated heterocycles. The highest BCUT2D eigenvalue weighted by molar-refractivity contribution is 7.09. The molecule has 0 aromatic carbocycles. The lowest BCUT2D eigenvalue weighted by Crippen LogP contribution is -2.68. The lowest BCUT2D eigenvalue weighted by Gasteiger charge is -2.51. The van der Waals surface area contributed by atoms with Gasteiger partial charge >= 0.3 is 0 Å². The fraction of sp³-hybridized carbons (Fsp3) is 0.368. The SMILES string of the molecule is CC[C@@]12COCCN1c1nc(-c3snnc3-c3ccc(F)cn3)ncc1N(C)C2=O. The van der Waals surface area contributed by atoms with E-state index in [2.05, 4.69) is 19.6 Å². The molecule has 0 saturated carbocycles. The van der Waals surface area contributed by atoms with E-state index >= 15 is 0 Å². The zero-order valence-corrected chi connectivity index (χ0v) is 17.2. The molecule has 0 aliphatic carbocycles. The van der Waals surface area contributed by atoms with E-state index in [0.717, 1.165) is 17.7 Å². The summed E-state index contributed by atoms with van der Waals surface area (Å²) in [4.78, 5) is 30.8. The number of morpholine rings is 1. The van der Waals surface area contributed by atoms with Gasteiger partial charge in [0.05, 0.1) is 31.3 Å². The van der Waals surface area contributed by atoms with Crippen LogP contribution in [0.3, 0.4) is 0 Å². The number of amides is 1. The lowest BCUT2D eigenvalue weighted by atomic mass is 9.89. The minimum Gasteiger partial charge on any atom is -0.377 e. The van der Waals surface area contributed by atoms with Crippen molar-refractivity contribution in [3.63, 3.8) is 0 Å². The van der Waals surface area contributed by atoms with Gasteiger partial charge in [-0.25, -0.2) is 14.4 Å². The molecule has 0 bridgehead atoms. The molecule has 5 heterocycles. The van der Waals surface area contributed by atoms with Crippen LogP contribution in [0.15, 0.2) is 24.5 Å². The summed E-state index contributed by atoms with van der Waals surface area (Å²) in [5, 5.41) is 4.15. The van der Waals surface area contributed by atoms with Gasteiger partial charge in [-0.15, -0.1) is 5.10 Å².